The van der Waals surface area contributed by atoms with Crippen LogP contribution in [0, 0.1) is 15.5 Å². The summed E-state index contributed by atoms with van der Waals surface area (Å²) in [7, 11) is 0. The Morgan fingerprint density at radius 3 is 2.00 bits per heavy atom. The Bertz CT molecular complexity index is 225. The molecule has 0 amide bonds. The van der Waals surface area contributed by atoms with Gasteiger partial charge in [-0.25, -0.2) is 0 Å². The Kier molecular flexibility index (Phi) is 14.1. The van der Waals surface area contributed by atoms with Crippen molar-refractivity contribution in [1.82, 2.24) is 0 Å². The third-order valence-corrected chi connectivity index (χ3v) is 3.36. The van der Waals surface area contributed by atoms with Crippen LogP contribution in [0.4, 0.5) is 0 Å². The molecule has 0 aliphatic heterocycles. The van der Waals surface area contributed by atoms with Crippen molar-refractivity contribution in [2.75, 3.05) is 13.2 Å². The molecule has 0 radical (unpaired) electrons. The fourth-order valence-corrected chi connectivity index (χ4v) is 2.27. The molecule has 0 heterocycles. The summed E-state index contributed by atoms with van der Waals surface area (Å²) in [4.78, 5) is 19.5. The third kappa shape index (κ3) is 10.5. The number of nitro groups is 1. The van der Waals surface area contributed by atoms with Crippen LogP contribution in [0.1, 0.15) is 66.2 Å². The highest BCUT2D eigenvalue weighted by Crippen LogP contribution is 2.38. The van der Waals surface area contributed by atoms with Gasteiger partial charge in [0.15, 0.2) is 0 Å². The molecule has 0 aromatic heterocycles. The molecule has 0 atom stereocenters. The average molecular weight is 275 g/mol. The van der Waals surface area contributed by atoms with Crippen molar-refractivity contribution in [3.8, 4) is 0 Å². The van der Waals surface area contributed by atoms with E-state index in [1.165, 1.54) is 19.3 Å². The van der Waals surface area contributed by atoms with Gasteiger partial charge in [0.25, 0.3) is 6.47 Å². The quantitative estimate of drug-likeness (QED) is 0.434. The van der Waals surface area contributed by atoms with Gasteiger partial charge in [-0.2, -0.15) is 0 Å². The molecule has 114 valence electrons. The maximum atomic E-state index is 10.4. The molecule has 1 aliphatic rings. The lowest BCUT2D eigenvalue weighted by molar-refractivity contribution is -0.499. The Morgan fingerprint density at radius 2 is 1.74 bits per heavy atom. The van der Waals surface area contributed by atoms with Crippen LogP contribution in [0.15, 0.2) is 0 Å². The van der Waals surface area contributed by atoms with Gasteiger partial charge in [-0.05, 0) is 26.2 Å². The normalized spacial score (nSPS) is 16.0. The van der Waals surface area contributed by atoms with Crippen LogP contribution in [-0.2, 0) is 9.53 Å². The molecule has 1 rings (SSSR count). The van der Waals surface area contributed by atoms with Gasteiger partial charge in [0.05, 0.1) is 6.61 Å². The Labute approximate surface area is 116 Å². The number of hydrogen-bond acceptors (Lipinski definition) is 4. The predicted molar refractivity (Wildman–Crippen MR) is 76.7 cm³/mol. The molecule has 1 fully saturated rings. The van der Waals surface area contributed by atoms with Crippen LogP contribution >= 0.6 is 0 Å². The number of carbonyl (C=O) groups is 1. The van der Waals surface area contributed by atoms with E-state index in [1.54, 1.807) is 6.92 Å². The smallest absolute Gasteiger partial charge is 0.293 e. The zero-order chi connectivity index (χ0) is 15.1. The Balaban J connectivity index is 0. The molecule has 0 unspecified atom stereocenters. The maximum absolute atomic E-state index is 10.4. The van der Waals surface area contributed by atoms with Crippen molar-refractivity contribution in [3.63, 3.8) is 0 Å². The lowest BCUT2D eigenvalue weighted by atomic mass is 9.72. The van der Waals surface area contributed by atoms with Gasteiger partial charge in [-0.1, -0.05) is 40.0 Å². The van der Waals surface area contributed by atoms with Gasteiger partial charge in [0.2, 0.25) is 6.54 Å². The van der Waals surface area contributed by atoms with E-state index in [0.717, 1.165) is 19.3 Å². The summed E-state index contributed by atoms with van der Waals surface area (Å²) in [5.74, 6) is 0. The highest BCUT2D eigenvalue weighted by molar-refractivity contribution is 5.36. The van der Waals surface area contributed by atoms with Crippen molar-refractivity contribution >= 4 is 6.47 Å². The van der Waals surface area contributed by atoms with Crippen LogP contribution in [0.25, 0.3) is 0 Å². The average Bonchev–Trinajstić information content (AvgIpc) is 2.43. The molecule has 0 aromatic rings. The minimum absolute atomic E-state index is 0.0434. The van der Waals surface area contributed by atoms with E-state index >= 15 is 0 Å². The van der Waals surface area contributed by atoms with Crippen molar-refractivity contribution in [2.45, 2.75) is 66.2 Å². The number of ether oxygens (including phenoxy) is 1. The van der Waals surface area contributed by atoms with Crippen LogP contribution < -0.4 is 0 Å². The number of nitrogens with zero attached hydrogens (tertiary/aromatic N) is 1. The van der Waals surface area contributed by atoms with Gasteiger partial charge in [-0.15, -0.1) is 0 Å². The lowest BCUT2D eigenvalue weighted by Gasteiger charge is -2.32. The van der Waals surface area contributed by atoms with E-state index in [-0.39, 0.29) is 16.9 Å². The molecular formula is C14H29NO4. The Hall–Kier alpha value is -1.13. The molecule has 5 heteroatoms. The second-order valence-electron chi connectivity index (χ2n) is 4.46. The molecule has 0 aromatic carbocycles. The second-order valence-corrected chi connectivity index (χ2v) is 4.46. The molecular weight excluding hydrogens is 246 g/mol. The summed E-state index contributed by atoms with van der Waals surface area (Å²) in [5.41, 5.74) is 0.0434. The summed E-state index contributed by atoms with van der Waals surface area (Å²) in [6.07, 6.45) is 6.71. The van der Waals surface area contributed by atoms with Crippen molar-refractivity contribution < 1.29 is 14.5 Å². The largest absolute Gasteiger partial charge is 0.468 e. The molecule has 1 saturated carbocycles. The molecule has 5 nitrogen and oxygen atoms in total. The van der Waals surface area contributed by atoms with Gasteiger partial charge >= 0.3 is 0 Å². The SMILES string of the molecule is CC.CCC1(C[N+](=O)[O-])CCCCC1.CCOC=O. The Morgan fingerprint density at radius 1 is 1.21 bits per heavy atom. The number of carbonyl (C=O) groups excluding carboxylic acids is 1. The molecule has 1 aliphatic carbocycles. The molecule has 0 spiro atoms. The second kappa shape index (κ2) is 13.3. The minimum Gasteiger partial charge on any atom is -0.468 e. The summed E-state index contributed by atoms with van der Waals surface area (Å²) in [6, 6.07) is 0. The highest BCUT2D eigenvalue weighted by atomic mass is 16.6. The van der Waals surface area contributed by atoms with Gasteiger partial charge < -0.3 is 4.74 Å². The van der Waals surface area contributed by atoms with Gasteiger partial charge in [0.1, 0.15) is 0 Å². The first-order valence-electron chi connectivity index (χ1n) is 7.27. The van der Waals surface area contributed by atoms with E-state index in [1.807, 2.05) is 13.8 Å². The standard InChI is InChI=1S/C9H17NO2.C3H6O2.C2H6/c1-2-9(8-10(11)12)6-4-3-5-7-9;1-2-5-3-4;1-2/h2-8H2,1H3;3H,2H2,1H3;1-2H3. The third-order valence-electron chi connectivity index (χ3n) is 3.36. The predicted octanol–water partition coefficient (Wildman–Crippen LogP) is 3.83. The maximum Gasteiger partial charge on any atom is 0.293 e. The fourth-order valence-electron chi connectivity index (χ4n) is 2.27. The van der Waals surface area contributed by atoms with Crippen LogP contribution in [0.5, 0.6) is 0 Å². The summed E-state index contributed by atoms with van der Waals surface area (Å²) in [5, 5.41) is 10.4. The molecule has 0 saturated heterocycles. The van der Waals surface area contributed by atoms with Crippen LogP contribution in [0.3, 0.4) is 0 Å². The van der Waals surface area contributed by atoms with E-state index in [0.29, 0.717) is 13.1 Å². The summed E-state index contributed by atoms with van der Waals surface area (Å²) in [6.45, 7) is 8.93. The first kappa shape index (κ1) is 20.2. The van der Waals surface area contributed by atoms with Gasteiger partial charge in [-0.3, -0.25) is 14.9 Å². The summed E-state index contributed by atoms with van der Waals surface area (Å²) >= 11 is 0. The van der Waals surface area contributed by atoms with Crippen LogP contribution in [-0.4, -0.2) is 24.5 Å². The topological polar surface area (TPSA) is 69.4 Å². The van der Waals surface area contributed by atoms with Crippen LogP contribution in [0.2, 0.25) is 0 Å². The first-order valence-corrected chi connectivity index (χ1v) is 7.27. The zero-order valence-corrected chi connectivity index (χ0v) is 12.8. The molecule has 19 heavy (non-hydrogen) atoms. The molecule has 0 N–H and O–H groups in total. The van der Waals surface area contributed by atoms with Crippen molar-refractivity contribution in [1.29, 1.82) is 0 Å². The van der Waals surface area contributed by atoms with Gasteiger partial charge in [0, 0.05) is 10.3 Å². The van der Waals surface area contributed by atoms with E-state index in [2.05, 4.69) is 11.7 Å². The minimum atomic E-state index is -0.144. The lowest BCUT2D eigenvalue weighted by Crippen LogP contribution is -2.31. The monoisotopic (exact) mass is 275 g/mol. The van der Waals surface area contributed by atoms with E-state index < -0.39 is 0 Å². The van der Waals surface area contributed by atoms with Crippen molar-refractivity contribution in [2.24, 2.45) is 5.41 Å². The number of rotatable bonds is 5. The number of hydrogen-bond donors (Lipinski definition) is 0. The zero-order valence-electron chi connectivity index (χ0n) is 12.8. The van der Waals surface area contributed by atoms with E-state index in [4.69, 9.17) is 0 Å². The molecule has 0 bridgehead atoms. The summed E-state index contributed by atoms with van der Waals surface area (Å²) < 4.78 is 4.15. The fraction of sp³-hybridized carbons (Fsp3) is 0.929. The first-order chi connectivity index (χ1) is 9.10. The van der Waals surface area contributed by atoms with E-state index in [9.17, 15) is 14.9 Å². The van der Waals surface area contributed by atoms with Crippen molar-refractivity contribution in [3.05, 3.63) is 10.1 Å². The highest BCUT2D eigenvalue weighted by Gasteiger charge is 2.34.